The molecule has 1 unspecified atom stereocenters. The van der Waals surface area contributed by atoms with Crippen LogP contribution in [0.2, 0.25) is 0 Å². The lowest BCUT2D eigenvalue weighted by Gasteiger charge is -2.21. The van der Waals surface area contributed by atoms with Crippen molar-refractivity contribution in [2.75, 3.05) is 6.61 Å². The van der Waals surface area contributed by atoms with Crippen LogP contribution in [-0.2, 0) is 32.8 Å². The predicted molar refractivity (Wildman–Crippen MR) is 98.2 cm³/mol. The lowest BCUT2D eigenvalue weighted by molar-refractivity contribution is -0.135. The number of imide groups is 1. The Morgan fingerprint density at radius 2 is 2.07 bits per heavy atom. The first-order chi connectivity index (χ1) is 13.0. The minimum atomic E-state index is -0.696. The number of para-hydroxylation sites is 1. The molecule has 2 heterocycles. The zero-order valence-corrected chi connectivity index (χ0v) is 15.3. The number of nitrogens with zero attached hydrogens (tertiary/aromatic N) is 2. The Bertz CT molecular complexity index is 927. The molecule has 1 atom stereocenters. The maximum Gasteiger partial charge on any atom is 0.329 e. The van der Waals surface area contributed by atoms with Crippen molar-refractivity contribution in [3.8, 4) is 0 Å². The fourth-order valence-corrected chi connectivity index (χ4v) is 3.48. The van der Waals surface area contributed by atoms with E-state index in [1.165, 1.54) is 9.13 Å². The van der Waals surface area contributed by atoms with Crippen molar-refractivity contribution < 1.29 is 19.1 Å². The quantitative estimate of drug-likeness (QED) is 0.426. The fourth-order valence-electron chi connectivity index (χ4n) is 3.48. The van der Waals surface area contributed by atoms with E-state index in [-0.39, 0.29) is 18.0 Å². The van der Waals surface area contributed by atoms with Crippen LogP contribution < -0.4 is 11.0 Å². The van der Waals surface area contributed by atoms with Crippen LogP contribution in [0.15, 0.2) is 23.0 Å². The number of aldehydes is 1. The second kappa shape index (κ2) is 8.30. The number of carbonyl (C=O) groups is 3. The van der Waals surface area contributed by atoms with Crippen LogP contribution >= 0.6 is 0 Å². The summed E-state index contributed by atoms with van der Waals surface area (Å²) in [5.41, 5.74) is 1.94. The fraction of sp³-hybridized carbons (Fsp3) is 0.474. The number of unbranched alkanes of at least 4 members (excludes halogenated alkanes) is 2. The Hall–Kier alpha value is -2.74. The van der Waals surface area contributed by atoms with Crippen molar-refractivity contribution in [1.82, 2.24) is 14.5 Å². The lowest BCUT2D eigenvalue weighted by Crippen LogP contribution is -2.44. The molecular formula is C19H23N3O5. The van der Waals surface area contributed by atoms with E-state index in [2.05, 4.69) is 5.32 Å². The van der Waals surface area contributed by atoms with Crippen molar-refractivity contribution in [2.45, 2.75) is 44.8 Å². The van der Waals surface area contributed by atoms with Crippen LogP contribution in [0.3, 0.4) is 0 Å². The third-order valence-corrected chi connectivity index (χ3v) is 4.83. The van der Waals surface area contributed by atoms with E-state index in [0.717, 1.165) is 30.2 Å². The molecule has 1 aliphatic rings. The zero-order chi connectivity index (χ0) is 19.4. The van der Waals surface area contributed by atoms with E-state index < -0.39 is 11.9 Å². The number of benzene rings is 1. The van der Waals surface area contributed by atoms with Crippen molar-refractivity contribution in [1.29, 1.82) is 0 Å². The zero-order valence-electron chi connectivity index (χ0n) is 15.3. The van der Waals surface area contributed by atoms with Gasteiger partial charge in [0.2, 0.25) is 11.8 Å². The first-order valence-corrected chi connectivity index (χ1v) is 9.08. The summed E-state index contributed by atoms with van der Waals surface area (Å²) in [6, 6.07) is 4.82. The molecule has 2 amide bonds. The molecule has 1 aromatic heterocycles. The summed E-state index contributed by atoms with van der Waals surface area (Å²) in [6.07, 6.45) is 3.53. The van der Waals surface area contributed by atoms with Gasteiger partial charge in [-0.2, -0.15) is 0 Å². The second-order valence-electron chi connectivity index (χ2n) is 6.68. The number of rotatable bonds is 8. The molecule has 1 aliphatic heterocycles. The van der Waals surface area contributed by atoms with Crippen LogP contribution in [0.5, 0.6) is 0 Å². The third-order valence-electron chi connectivity index (χ3n) is 4.83. The molecule has 1 saturated heterocycles. The highest BCUT2D eigenvalue weighted by molar-refractivity contribution is 6.00. The number of ether oxygens (including phenoxy) is 1. The summed E-state index contributed by atoms with van der Waals surface area (Å²) in [5.74, 6) is -0.758. The Balaban J connectivity index is 1.86. The van der Waals surface area contributed by atoms with E-state index in [0.29, 0.717) is 31.6 Å². The van der Waals surface area contributed by atoms with Gasteiger partial charge in [0.1, 0.15) is 12.3 Å². The number of aryl methyl sites for hydroxylation is 1. The first kappa shape index (κ1) is 19.0. The number of fused-ring (bicyclic) bond motifs is 1. The first-order valence-electron chi connectivity index (χ1n) is 9.08. The number of hydrogen-bond donors (Lipinski definition) is 1. The molecule has 2 aromatic rings. The van der Waals surface area contributed by atoms with Gasteiger partial charge >= 0.3 is 5.69 Å². The van der Waals surface area contributed by atoms with Gasteiger partial charge in [0.25, 0.3) is 0 Å². The maximum atomic E-state index is 12.8. The Labute approximate surface area is 156 Å². The largest absolute Gasteiger partial charge is 0.377 e. The van der Waals surface area contributed by atoms with E-state index in [4.69, 9.17) is 4.74 Å². The van der Waals surface area contributed by atoms with E-state index in [1.807, 2.05) is 12.1 Å². The minimum Gasteiger partial charge on any atom is -0.377 e. The number of piperidine rings is 1. The monoisotopic (exact) mass is 373 g/mol. The van der Waals surface area contributed by atoms with Gasteiger partial charge in [-0.15, -0.1) is 0 Å². The highest BCUT2D eigenvalue weighted by Gasteiger charge is 2.31. The smallest absolute Gasteiger partial charge is 0.329 e. The summed E-state index contributed by atoms with van der Waals surface area (Å²) in [6.45, 7) is 0.872. The van der Waals surface area contributed by atoms with Gasteiger partial charge in [0, 0.05) is 32.1 Å². The standard InChI is InChI=1S/C19H23N3O5/c1-21-17-13(12-27-11-4-2-3-10-23)6-5-7-14(17)22(19(21)26)15-8-9-16(24)20-18(15)25/h5-7,10,15H,2-4,8-9,11-12H2,1H3,(H,20,24,25). The normalized spacial score (nSPS) is 17.3. The number of amides is 2. The number of aromatic nitrogens is 2. The molecule has 0 bridgehead atoms. The Kier molecular flexibility index (Phi) is 5.85. The van der Waals surface area contributed by atoms with Gasteiger partial charge in [-0.05, 0) is 25.3 Å². The molecule has 0 spiro atoms. The van der Waals surface area contributed by atoms with Gasteiger partial charge in [-0.25, -0.2) is 4.79 Å². The third kappa shape index (κ3) is 3.85. The molecule has 0 saturated carbocycles. The second-order valence-corrected chi connectivity index (χ2v) is 6.68. The molecule has 8 nitrogen and oxygen atoms in total. The molecule has 8 heteroatoms. The molecule has 144 valence electrons. The van der Waals surface area contributed by atoms with Crippen LogP contribution in [-0.4, -0.2) is 33.8 Å². The number of carbonyl (C=O) groups excluding carboxylic acids is 3. The molecule has 0 radical (unpaired) electrons. The molecule has 3 rings (SSSR count). The van der Waals surface area contributed by atoms with Crippen LogP contribution in [0.25, 0.3) is 11.0 Å². The minimum absolute atomic E-state index is 0.211. The van der Waals surface area contributed by atoms with Gasteiger partial charge in [-0.1, -0.05) is 12.1 Å². The molecule has 1 N–H and O–H groups in total. The highest BCUT2D eigenvalue weighted by atomic mass is 16.5. The molecular weight excluding hydrogens is 350 g/mol. The van der Waals surface area contributed by atoms with Gasteiger partial charge in [0.15, 0.2) is 0 Å². The average molecular weight is 373 g/mol. The molecule has 1 fully saturated rings. The summed E-state index contributed by atoms with van der Waals surface area (Å²) < 4.78 is 8.68. The SMILES string of the molecule is Cn1c(=O)n(C2CCC(=O)NC2=O)c2cccc(COCCCCC=O)c21. The Morgan fingerprint density at radius 1 is 1.26 bits per heavy atom. The summed E-state index contributed by atoms with van der Waals surface area (Å²) in [4.78, 5) is 46.8. The van der Waals surface area contributed by atoms with Gasteiger partial charge < -0.3 is 9.53 Å². The van der Waals surface area contributed by atoms with E-state index in [9.17, 15) is 19.2 Å². The number of hydrogen-bond acceptors (Lipinski definition) is 5. The topological polar surface area (TPSA) is 99.4 Å². The number of imidazole rings is 1. The number of nitrogens with one attached hydrogen (secondary N) is 1. The molecule has 0 aliphatic carbocycles. The maximum absolute atomic E-state index is 12.8. The molecule has 27 heavy (non-hydrogen) atoms. The van der Waals surface area contributed by atoms with Crippen molar-refractivity contribution in [3.05, 3.63) is 34.2 Å². The highest BCUT2D eigenvalue weighted by Crippen LogP contribution is 2.25. The summed E-state index contributed by atoms with van der Waals surface area (Å²) in [5, 5.41) is 2.31. The Morgan fingerprint density at radius 3 is 2.81 bits per heavy atom. The van der Waals surface area contributed by atoms with Crippen LogP contribution in [0.1, 0.15) is 43.7 Å². The van der Waals surface area contributed by atoms with E-state index in [1.54, 1.807) is 13.1 Å². The van der Waals surface area contributed by atoms with Crippen LogP contribution in [0, 0.1) is 0 Å². The van der Waals surface area contributed by atoms with Gasteiger partial charge in [0.05, 0.1) is 17.6 Å². The van der Waals surface area contributed by atoms with Crippen molar-refractivity contribution >= 4 is 29.1 Å². The van der Waals surface area contributed by atoms with Crippen LogP contribution in [0.4, 0.5) is 0 Å². The predicted octanol–water partition coefficient (Wildman–Crippen LogP) is 1.20. The summed E-state index contributed by atoms with van der Waals surface area (Å²) in [7, 11) is 1.67. The average Bonchev–Trinajstić information content (AvgIpc) is 2.90. The summed E-state index contributed by atoms with van der Waals surface area (Å²) >= 11 is 0. The molecule has 1 aromatic carbocycles. The van der Waals surface area contributed by atoms with E-state index >= 15 is 0 Å². The van der Waals surface area contributed by atoms with Gasteiger partial charge in [-0.3, -0.25) is 24.0 Å². The lowest BCUT2D eigenvalue weighted by atomic mass is 10.1. The van der Waals surface area contributed by atoms with Crippen molar-refractivity contribution in [3.63, 3.8) is 0 Å². The van der Waals surface area contributed by atoms with Crippen molar-refractivity contribution in [2.24, 2.45) is 7.05 Å².